The number of hydrogen-bond acceptors (Lipinski definition) is 4. The van der Waals surface area contributed by atoms with E-state index in [-0.39, 0.29) is 23.7 Å². The van der Waals surface area contributed by atoms with Crippen LogP contribution in [0.2, 0.25) is 0 Å². The summed E-state index contributed by atoms with van der Waals surface area (Å²) in [4.78, 5) is 17.0. The molecule has 2 saturated heterocycles. The SMILES string of the molecule is CC1CN(Cc2ccc(C(=O)N3CCOC(C)(C)C3)cc2)CC(C)O1. The van der Waals surface area contributed by atoms with E-state index >= 15 is 0 Å². The van der Waals surface area contributed by atoms with Gasteiger partial charge >= 0.3 is 0 Å². The molecule has 0 bridgehead atoms. The third-order valence-corrected chi connectivity index (χ3v) is 4.82. The molecule has 0 N–H and O–H groups in total. The number of rotatable bonds is 3. The van der Waals surface area contributed by atoms with Gasteiger partial charge < -0.3 is 14.4 Å². The van der Waals surface area contributed by atoms with Crippen LogP contribution in [-0.2, 0) is 16.0 Å². The molecule has 0 aromatic heterocycles. The number of nitrogens with zero attached hydrogens (tertiary/aromatic N) is 2. The number of benzene rings is 1. The van der Waals surface area contributed by atoms with E-state index in [4.69, 9.17) is 9.47 Å². The van der Waals surface area contributed by atoms with Crippen LogP contribution in [0.1, 0.15) is 43.6 Å². The molecular formula is C20H30N2O3. The molecule has 2 aliphatic heterocycles. The Morgan fingerprint density at radius 1 is 1.16 bits per heavy atom. The van der Waals surface area contributed by atoms with E-state index in [1.807, 2.05) is 30.9 Å². The first-order valence-electron chi connectivity index (χ1n) is 9.22. The van der Waals surface area contributed by atoms with Crippen molar-refractivity contribution in [1.82, 2.24) is 9.80 Å². The molecule has 3 rings (SSSR count). The lowest BCUT2D eigenvalue weighted by molar-refractivity contribution is -0.0764. The van der Waals surface area contributed by atoms with Gasteiger partial charge in [0, 0.05) is 38.3 Å². The molecular weight excluding hydrogens is 316 g/mol. The van der Waals surface area contributed by atoms with E-state index in [9.17, 15) is 4.79 Å². The molecule has 138 valence electrons. The second-order valence-corrected chi connectivity index (χ2v) is 7.98. The second-order valence-electron chi connectivity index (χ2n) is 7.98. The average molecular weight is 346 g/mol. The Morgan fingerprint density at radius 2 is 1.80 bits per heavy atom. The third-order valence-electron chi connectivity index (χ3n) is 4.82. The summed E-state index contributed by atoms with van der Waals surface area (Å²) in [6.07, 6.45) is 0.545. The molecule has 2 fully saturated rings. The molecule has 2 heterocycles. The maximum Gasteiger partial charge on any atom is 0.254 e. The first-order valence-corrected chi connectivity index (χ1v) is 9.22. The molecule has 1 amide bonds. The molecule has 2 atom stereocenters. The highest BCUT2D eigenvalue weighted by atomic mass is 16.5. The van der Waals surface area contributed by atoms with E-state index in [0.717, 1.165) is 25.2 Å². The minimum atomic E-state index is -0.266. The highest BCUT2D eigenvalue weighted by Crippen LogP contribution is 2.19. The summed E-state index contributed by atoms with van der Waals surface area (Å²) in [7, 11) is 0. The van der Waals surface area contributed by atoms with Crippen LogP contribution in [0.15, 0.2) is 24.3 Å². The monoisotopic (exact) mass is 346 g/mol. The van der Waals surface area contributed by atoms with Crippen molar-refractivity contribution in [2.75, 3.05) is 32.8 Å². The van der Waals surface area contributed by atoms with Crippen molar-refractivity contribution in [1.29, 1.82) is 0 Å². The summed E-state index contributed by atoms with van der Waals surface area (Å²) in [5.74, 6) is 0.0940. The molecule has 2 aliphatic rings. The zero-order valence-corrected chi connectivity index (χ0v) is 15.8. The molecule has 5 nitrogen and oxygen atoms in total. The summed E-state index contributed by atoms with van der Waals surface area (Å²) in [6, 6.07) is 8.05. The van der Waals surface area contributed by atoms with Crippen LogP contribution in [0, 0.1) is 0 Å². The smallest absolute Gasteiger partial charge is 0.254 e. The predicted octanol–water partition coefficient (Wildman–Crippen LogP) is 2.55. The van der Waals surface area contributed by atoms with Gasteiger partial charge in [0.05, 0.1) is 24.4 Å². The highest BCUT2D eigenvalue weighted by molar-refractivity contribution is 5.94. The van der Waals surface area contributed by atoms with Crippen molar-refractivity contribution in [2.45, 2.75) is 52.0 Å². The maximum absolute atomic E-state index is 12.7. The Balaban J connectivity index is 1.61. The van der Waals surface area contributed by atoms with Crippen molar-refractivity contribution in [2.24, 2.45) is 0 Å². The highest BCUT2D eigenvalue weighted by Gasteiger charge is 2.30. The number of morpholine rings is 2. The number of carbonyl (C=O) groups is 1. The number of amides is 1. The van der Waals surface area contributed by atoms with Gasteiger partial charge in [-0.1, -0.05) is 12.1 Å². The Kier molecular flexibility index (Phi) is 5.46. The average Bonchev–Trinajstić information content (AvgIpc) is 2.53. The lowest BCUT2D eigenvalue weighted by Gasteiger charge is -2.38. The summed E-state index contributed by atoms with van der Waals surface area (Å²) in [5.41, 5.74) is 1.72. The molecule has 0 aliphatic carbocycles. The van der Waals surface area contributed by atoms with Crippen molar-refractivity contribution in [3.63, 3.8) is 0 Å². The standard InChI is InChI=1S/C20H30N2O3/c1-15-11-21(12-16(2)25-15)13-17-5-7-18(8-6-17)19(23)22-9-10-24-20(3,4)14-22/h5-8,15-16H,9-14H2,1-4H3. The normalized spacial score (nSPS) is 27.3. The van der Waals surface area contributed by atoms with Crippen LogP contribution >= 0.6 is 0 Å². The van der Waals surface area contributed by atoms with Gasteiger partial charge in [0.2, 0.25) is 0 Å². The Morgan fingerprint density at radius 3 is 2.40 bits per heavy atom. The zero-order chi connectivity index (χ0) is 18.0. The summed E-state index contributed by atoms with van der Waals surface area (Å²) < 4.78 is 11.5. The minimum Gasteiger partial charge on any atom is -0.373 e. The molecule has 2 unspecified atom stereocenters. The van der Waals surface area contributed by atoms with Crippen LogP contribution in [0.4, 0.5) is 0 Å². The van der Waals surface area contributed by atoms with E-state index in [1.165, 1.54) is 5.56 Å². The van der Waals surface area contributed by atoms with Crippen LogP contribution in [0.5, 0.6) is 0 Å². The van der Waals surface area contributed by atoms with Gasteiger partial charge in [0.1, 0.15) is 0 Å². The van der Waals surface area contributed by atoms with Crippen LogP contribution in [0.25, 0.3) is 0 Å². The first kappa shape index (κ1) is 18.4. The largest absolute Gasteiger partial charge is 0.373 e. The molecule has 25 heavy (non-hydrogen) atoms. The predicted molar refractivity (Wildman–Crippen MR) is 97.7 cm³/mol. The lowest BCUT2D eigenvalue weighted by Crippen LogP contribution is -2.50. The lowest BCUT2D eigenvalue weighted by atomic mass is 10.1. The van der Waals surface area contributed by atoms with Gasteiger partial charge in [-0.05, 0) is 45.4 Å². The zero-order valence-electron chi connectivity index (χ0n) is 15.8. The molecule has 5 heteroatoms. The van der Waals surface area contributed by atoms with Crippen molar-refractivity contribution < 1.29 is 14.3 Å². The van der Waals surface area contributed by atoms with E-state index in [2.05, 4.69) is 30.9 Å². The van der Waals surface area contributed by atoms with Gasteiger partial charge in [-0.2, -0.15) is 0 Å². The van der Waals surface area contributed by atoms with Gasteiger partial charge in [0.25, 0.3) is 5.91 Å². The summed E-state index contributed by atoms with van der Waals surface area (Å²) in [6.45, 7) is 13.0. The Bertz CT molecular complexity index is 589. The topological polar surface area (TPSA) is 42.0 Å². The van der Waals surface area contributed by atoms with Crippen molar-refractivity contribution in [3.8, 4) is 0 Å². The fourth-order valence-electron chi connectivity index (χ4n) is 3.80. The van der Waals surface area contributed by atoms with E-state index in [0.29, 0.717) is 19.7 Å². The van der Waals surface area contributed by atoms with E-state index in [1.54, 1.807) is 0 Å². The Hall–Kier alpha value is -1.43. The van der Waals surface area contributed by atoms with Crippen LogP contribution in [0.3, 0.4) is 0 Å². The van der Waals surface area contributed by atoms with Crippen LogP contribution < -0.4 is 0 Å². The molecule has 1 aromatic carbocycles. The third kappa shape index (κ3) is 4.81. The summed E-state index contributed by atoms with van der Waals surface area (Å²) >= 11 is 0. The first-order chi connectivity index (χ1) is 11.8. The molecule has 0 saturated carbocycles. The van der Waals surface area contributed by atoms with Gasteiger partial charge in [-0.15, -0.1) is 0 Å². The van der Waals surface area contributed by atoms with Crippen molar-refractivity contribution in [3.05, 3.63) is 35.4 Å². The fourth-order valence-corrected chi connectivity index (χ4v) is 3.80. The number of carbonyl (C=O) groups excluding carboxylic acids is 1. The van der Waals surface area contributed by atoms with Gasteiger partial charge in [-0.25, -0.2) is 0 Å². The maximum atomic E-state index is 12.7. The van der Waals surface area contributed by atoms with Crippen LogP contribution in [-0.4, -0.2) is 66.3 Å². The van der Waals surface area contributed by atoms with Gasteiger partial charge in [0.15, 0.2) is 0 Å². The number of hydrogen-bond donors (Lipinski definition) is 0. The molecule has 1 aromatic rings. The molecule has 0 radical (unpaired) electrons. The van der Waals surface area contributed by atoms with E-state index < -0.39 is 0 Å². The second kappa shape index (κ2) is 7.44. The number of ether oxygens (including phenoxy) is 2. The summed E-state index contributed by atoms with van der Waals surface area (Å²) in [5, 5.41) is 0. The minimum absolute atomic E-state index is 0.0940. The quantitative estimate of drug-likeness (QED) is 0.843. The Labute approximate surface area is 150 Å². The molecule has 0 spiro atoms. The fraction of sp³-hybridized carbons (Fsp3) is 0.650. The van der Waals surface area contributed by atoms with Gasteiger partial charge in [-0.3, -0.25) is 9.69 Å². The van der Waals surface area contributed by atoms with Crippen molar-refractivity contribution >= 4 is 5.91 Å².